The fourth-order valence-corrected chi connectivity index (χ4v) is 2.03. The topological polar surface area (TPSA) is 53.1 Å². The van der Waals surface area contributed by atoms with E-state index >= 15 is 0 Å². The number of aryl methyl sites for hydroxylation is 1. The zero-order valence-corrected chi connectivity index (χ0v) is 11.3. The van der Waals surface area contributed by atoms with Crippen molar-refractivity contribution >= 4 is 5.82 Å². The molecule has 0 saturated heterocycles. The van der Waals surface area contributed by atoms with Gasteiger partial charge in [0.2, 0.25) is 0 Å². The molecule has 0 aliphatic heterocycles. The molecule has 0 amide bonds. The van der Waals surface area contributed by atoms with Gasteiger partial charge in [0, 0.05) is 18.7 Å². The third-order valence-electron chi connectivity index (χ3n) is 3.06. The number of aromatic nitrogens is 2. The highest BCUT2D eigenvalue weighted by molar-refractivity contribution is 5.70. The summed E-state index contributed by atoms with van der Waals surface area (Å²) < 4.78 is 7.19. The van der Waals surface area contributed by atoms with Crippen LogP contribution in [0.5, 0.6) is 5.75 Å². The van der Waals surface area contributed by atoms with Crippen LogP contribution in [0.15, 0.2) is 24.3 Å². The summed E-state index contributed by atoms with van der Waals surface area (Å²) in [6.07, 6.45) is 0. The Morgan fingerprint density at radius 3 is 2.50 bits per heavy atom. The number of nitrogens with two attached hydrogens (primary N) is 1. The lowest BCUT2D eigenvalue weighted by molar-refractivity contribution is 0.416. The van der Waals surface area contributed by atoms with Crippen molar-refractivity contribution in [1.82, 2.24) is 9.78 Å². The van der Waals surface area contributed by atoms with Crippen LogP contribution in [-0.4, -0.2) is 16.9 Å². The zero-order valence-electron chi connectivity index (χ0n) is 11.3. The number of anilines is 1. The van der Waals surface area contributed by atoms with E-state index in [-0.39, 0.29) is 0 Å². The predicted octanol–water partition coefficient (Wildman–Crippen LogP) is 2.80. The third kappa shape index (κ3) is 2.18. The molecule has 2 rings (SSSR count). The summed E-state index contributed by atoms with van der Waals surface area (Å²) in [6, 6.07) is 8.09. The third-order valence-corrected chi connectivity index (χ3v) is 3.06. The highest BCUT2D eigenvalue weighted by Gasteiger charge is 2.13. The van der Waals surface area contributed by atoms with Crippen molar-refractivity contribution in [3.05, 3.63) is 29.8 Å². The molecule has 2 aromatic rings. The number of rotatable bonds is 3. The molecule has 2 N–H and O–H groups in total. The Kier molecular flexibility index (Phi) is 3.28. The number of nitrogen functional groups attached to an aromatic ring is 1. The Morgan fingerprint density at radius 1 is 1.28 bits per heavy atom. The van der Waals surface area contributed by atoms with E-state index in [9.17, 15) is 0 Å². The molecule has 0 aliphatic carbocycles. The Morgan fingerprint density at radius 2 is 2.00 bits per heavy atom. The molecule has 96 valence electrons. The highest BCUT2D eigenvalue weighted by atomic mass is 16.5. The van der Waals surface area contributed by atoms with Crippen LogP contribution in [0.4, 0.5) is 5.82 Å². The fourth-order valence-electron chi connectivity index (χ4n) is 2.03. The molecule has 0 saturated carbocycles. The molecule has 18 heavy (non-hydrogen) atoms. The van der Waals surface area contributed by atoms with Crippen LogP contribution >= 0.6 is 0 Å². The van der Waals surface area contributed by atoms with Crippen molar-refractivity contribution in [2.75, 3.05) is 12.8 Å². The van der Waals surface area contributed by atoms with Crippen LogP contribution in [0, 0.1) is 0 Å². The number of methoxy groups -OCH3 is 1. The normalized spacial score (nSPS) is 10.9. The number of hydrogen-bond donors (Lipinski definition) is 1. The summed E-state index contributed by atoms with van der Waals surface area (Å²) >= 11 is 0. The maximum Gasteiger partial charge on any atom is 0.146 e. The number of hydrogen-bond acceptors (Lipinski definition) is 3. The minimum absolute atomic E-state index is 0.472. The lowest BCUT2D eigenvalue weighted by atomic mass is 9.99. The maximum atomic E-state index is 5.73. The SMILES string of the molecule is COc1ccc(C(C)C)cc1-c1cc(N)nn1C. The van der Waals surface area contributed by atoms with Gasteiger partial charge in [-0.3, -0.25) is 4.68 Å². The quantitative estimate of drug-likeness (QED) is 0.904. The molecule has 0 fully saturated rings. The fraction of sp³-hybridized carbons (Fsp3) is 0.357. The number of benzene rings is 1. The lowest BCUT2D eigenvalue weighted by Gasteiger charge is -2.12. The summed E-state index contributed by atoms with van der Waals surface area (Å²) in [5, 5.41) is 4.18. The average Bonchev–Trinajstić information content (AvgIpc) is 2.67. The van der Waals surface area contributed by atoms with Gasteiger partial charge in [-0.25, -0.2) is 0 Å². The van der Waals surface area contributed by atoms with Crippen LogP contribution in [0.3, 0.4) is 0 Å². The van der Waals surface area contributed by atoms with Gasteiger partial charge in [-0.1, -0.05) is 19.9 Å². The molecule has 0 bridgehead atoms. The summed E-state index contributed by atoms with van der Waals surface area (Å²) in [4.78, 5) is 0. The first-order valence-corrected chi connectivity index (χ1v) is 6.00. The minimum Gasteiger partial charge on any atom is -0.496 e. The maximum absolute atomic E-state index is 5.73. The molecule has 0 spiro atoms. The Hall–Kier alpha value is -1.97. The predicted molar refractivity (Wildman–Crippen MR) is 73.7 cm³/mol. The molecule has 0 atom stereocenters. The first-order valence-electron chi connectivity index (χ1n) is 6.00. The van der Waals surface area contributed by atoms with E-state index in [2.05, 4.69) is 31.1 Å². The summed E-state index contributed by atoms with van der Waals surface area (Å²) in [7, 11) is 3.56. The van der Waals surface area contributed by atoms with Gasteiger partial charge in [0.05, 0.1) is 12.8 Å². The van der Waals surface area contributed by atoms with E-state index in [4.69, 9.17) is 10.5 Å². The van der Waals surface area contributed by atoms with Crippen LogP contribution in [0.25, 0.3) is 11.3 Å². The molecule has 0 unspecified atom stereocenters. The van der Waals surface area contributed by atoms with Gasteiger partial charge in [0.1, 0.15) is 11.6 Å². The van der Waals surface area contributed by atoms with Gasteiger partial charge in [-0.05, 0) is 23.6 Å². The van der Waals surface area contributed by atoms with Crippen molar-refractivity contribution in [1.29, 1.82) is 0 Å². The van der Waals surface area contributed by atoms with Crippen LogP contribution < -0.4 is 10.5 Å². The van der Waals surface area contributed by atoms with Crippen LogP contribution in [0.1, 0.15) is 25.3 Å². The standard InChI is InChI=1S/C14H19N3O/c1-9(2)10-5-6-13(18-4)11(7-10)12-8-14(15)16-17(12)3/h5-9H,1-4H3,(H2,15,16). The van der Waals surface area contributed by atoms with Gasteiger partial charge in [-0.2, -0.15) is 5.10 Å². The van der Waals surface area contributed by atoms with Gasteiger partial charge >= 0.3 is 0 Å². The van der Waals surface area contributed by atoms with Crippen molar-refractivity contribution in [3.63, 3.8) is 0 Å². The second-order valence-corrected chi connectivity index (χ2v) is 4.69. The minimum atomic E-state index is 0.472. The molecule has 0 aliphatic rings. The molecule has 1 aromatic carbocycles. The van der Waals surface area contributed by atoms with Crippen molar-refractivity contribution < 1.29 is 4.74 Å². The van der Waals surface area contributed by atoms with Gasteiger partial charge in [-0.15, -0.1) is 0 Å². The molecule has 0 radical (unpaired) electrons. The number of ether oxygens (including phenoxy) is 1. The average molecular weight is 245 g/mol. The van der Waals surface area contributed by atoms with E-state index in [1.54, 1.807) is 11.8 Å². The van der Waals surface area contributed by atoms with Crippen LogP contribution in [-0.2, 0) is 7.05 Å². The molecule has 1 heterocycles. The molecular formula is C14H19N3O. The first-order chi connectivity index (χ1) is 8.52. The summed E-state index contributed by atoms with van der Waals surface area (Å²) in [5.41, 5.74) is 8.99. The Labute approximate surface area is 107 Å². The van der Waals surface area contributed by atoms with E-state index in [0.29, 0.717) is 11.7 Å². The Bertz CT molecular complexity index is 558. The number of nitrogens with zero attached hydrogens (tertiary/aromatic N) is 2. The smallest absolute Gasteiger partial charge is 0.146 e. The van der Waals surface area contributed by atoms with Crippen LogP contribution in [0.2, 0.25) is 0 Å². The second kappa shape index (κ2) is 4.72. The zero-order chi connectivity index (χ0) is 13.3. The van der Waals surface area contributed by atoms with Gasteiger partial charge < -0.3 is 10.5 Å². The van der Waals surface area contributed by atoms with Crippen molar-refractivity contribution in [2.45, 2.75) is 19.8 Å². The highest BCUT2D eigenvalue weighted by Crippen LogP contribution is 2.33. The van der Waals surface area contributed by atoms with E-state index in [0.717, 1.165) is 17.0 Å². The molecule has 4 nitrogen and oxygen atoms in total. The molecule has 4 heteroatoms. The van der Waals surface area contributed by atoms with E-state index in [1.165, 1.54) is 5.56 Å². The van der Waals surface area contributed by atoms with E-state index in [1.807, 2.05) is 19.2 Å². The van der Waals surface area contributed by atoms with Gasteiger partial charge in [0.15, 0.2) is 0 Å². The summed E-state index contributed by atoms with van der Waals surface area (Å²) in [5.74, 6) is 1.83. The summed E-state index contributed by atoms with van der Waals surface area (Å²) in [6.45, 7) is 4.34. The monoisotopic (exact) mass is 245 g/mol. The van der Waals surface area contributed by atoms with E-state index < -0.39 is 0 Å². The second-order valence-electron chi connectivity index (χ2n) is 4.69. The molecular weight excluding hydrogens is 226 g/mol. The Balaban J connectivity index is 2.60. The van der Waals surface area contributed by atoms with Crippen molar-refractivity contribution in [3.8, 4) is 17.0 Å². The largest absolute Gasteiger partial charge is 0.496 e. The van der Waals surface area contributed by atoms with Gasteiger partial charge in [0.25, 0.3) is 0 Å². The van der Waals surface area contributed by atoms with Crippen molar-refractivity contribution in [2.24, 2.45) is 7.05 Å². The lowest BCUT2D eigenvalue weighted by Crippen LogP contribution is -1.98. The first kappa shape index (κ1) is 12.5. The molecule has 1 aromatic heterocycles.